The predicted octanol–water partition coefficient (Wildman–Crippen LogP) is 2.86. The number of hydrogen-bond acceptors (Lipinski definition) is 4. The van der Waals surface area contributed by atoms with E-state index < -0.39 is 0 Å². The number of nitrogens with zero attached hydrogens (tertiary/aromatic N) is 1. The minimum absolute atomic E-state index is 0.615. The van der Waals surface area contributed by atoms with Gasteiger partial charge in [0.2, 0.25) is 0 Å². The molecule has 4 heteroatoms. The largest absolute Gasteiger partial charge is 0.492 e. The van der Waals surface area contributed by atoms with Crippen LogP contribution in [-0.4, -0.2) is 50.2 Å². The predicted molar refractivity (Wildman–Crippen MR) is 89.8 cm³/mol. The number of thioether (sulfide) groups is 1. The Kier molecular flexibility index (Phi) is 8.74. The number of ether oxygens (including phenoxy) is 1. The van der Waals surface area contributed by atoms with Crippen LogP contribution in [0.2, 0.25) is 0 Å². The molecule has 0 fully saturated rings. The van der Waals surface area contributed by atoms with Crippen molar-refractivity contribution < 1.29 is 4.74 Å². The van der Waals surface area contributed by atoms with Crippen molar-refractivity contribution in [2.24, 2.45) is 0 Å². The summed E-state index contributed by atoms with van der Waals surface area (Å²) in [5, 5.41) is 3.14. The van der Waals surface area contributed by atoms with Crippen molar-refractivity contribution in [1.82, 2.24) is 10.2 Å². The number of hydrogen-bond donors (Lipinski definition) is 1. The maximum absolute atomic E-state index is 5.80. The Morgan fingerprint density at radius 3 is 2.60 bits per heavy atom. The van der Waals surface area contributed by atoms with E-state index in [-0.39, 0.29) is 0 Å². The van der Waals surface area contributed by atoms with Crippen molar-refractivity contribution in [3.63, 3.8) is 0 Å². The Morgan fingerprint density at radius 1 is 1.30 bits per heavy atom. The fourth-order valence-corrected chi connectivity index (χ4v) is 2.52. The van der Waals surface area contributed by atoms with E-state index in [0.29, 0.717) is 6.04 Å². The molecule has 0 radical (unpaired) electrons. The average Bonchev–Trinajstić information content (AvgIpc) is 2.46. The van der Waals surface area contributed by atoms with Gasteiger partial charge in [-0.3, -0.25) is 0 Å². The molecular weight excluding hydrogens is 268 g/mol. The van der Waals surface area contributed by atoms with Gasteiger partial charge in [0.1, 0.15) is 12.4 Å². The van der Waals surface area contributed by atoms with E-state index in [0.717, 1.165) is 25.4 Å². The molecule has 1 unspecified atom stereocenters. The summed E-state index contributed by atoms with van der Waals surface area (Å²) in [6.45, 7) is 4.89. The standard InChI is InChI=1S/C16H28N2OS/c1-14(9-12-20-4)18(3)10-11-19-16-7-5-15(6-8-16)13-17-2/h5-8,14,17H,9-13H2,1-4H3. The van der Waals surface area contributed by atoms with Gasteiger partial charge in [0, 0.05) is 19.1 Å². The van der Waals surface area contributed by atoms with Crippen molar-refractivity contribution in [3.05, 3.63) is 29.8 Å². The van der Waals surface area contributed by atoms with Crippen LogP contribution in [0.1, 0.15) is 18.9 Å². The monoisotopic (exact) mass is 296 g/mol. The Balaban J connectivity index is 2.25. The van der Waals surface area contributed by atoms with E-state index in [2.05, 4.69) is 42.6 Å². The van der Waals surface area contributed by atoms with E-state index in [4.69, 9.17) is 4.74 Å². The van der Waals surface area contributed by atoms with E-state index >= 15 is 0 Å². The fourth-order valence-electron chi connectivity index (χ4n) is 1.94. The second-order valence-electron chi connectivity index (χ2n) is 5.13. The molecule has 3 nitrogen and oxygen atoms in total. The molecule has 1 atom stereocenters. The van der Waals surface area contributed by atoms with Gasteiger partial charge in [-0.1, -0.05) is 12.1 Å². The maximum atomic E-state index is 5.80. The second-order valence-corrected chi connectivity index (χ2v) is 6.12. The summed E-state index contributed by atoms with van der Waals surface area (Å²) >= 11 is 1.91. The van der Waals surface area contributed by atoms with Crippen LogP contribution in [-0.2, 0) is 6.54 Å². The first-order chi connectivity index (χ1) is 9.67. The summed E-state index contributed by atoms with van der Waals surface area (Å²) < 4.78 is 5.80. The third-order valence-corrected chi connectivity index (χ3v) is 4.15. The molecule has 0 bridgehead atoms. The fraction of sp³-hybridized carbons (Fsp3) is 0.625. The number of rotatable bonds is 10. The van der Waals surface area contributed by atoms with E-state index in [9.17, 15) is 0 Å². The van der Waals surface area contributed by atoms with Crippen LogP contribution in [0.5, 0.6) is 5.75 Å². The second kappa shape index (κ2) is 10.1. The molecule has 0 saturated carbocycles. The molecule has 0 aliphatic carbocycles. The van der Waals surface area contributed by atoms with Crippen molar-refractivity contribution in [1.29, 1.82) is 0 Å². The summed E-state index contributed by atoms with van der Waals surface area (Å²) in [6, 6.07) is 8.92. The molecule has 20 heavy (non-hydrogen) atoms. The minimum Gasteiger partial charge on any atom is -0.492 e. The first-order valence-corrected chi connectivity index (χ1v) is 8.62. The molecule has 1 N–H and O–H groups in total. The van der Waals surface area contributed by atoms with Crippen LogP contribution in [0.4, 0.5) is 0 Å². The van der Waals surface area contributed by atoms with Gasteiger partial charge < -0.3 is 15.0 Å². The highest BCUT2D eigenvalue weighted by atomic mass is 32.2. The van der Waals surface area contributed by atoms with Gasteiger partial charge in [-0.05, 0) is 57.1 Å². The molecule has 114 valence electrons. The average molecular weight is 296 g/mol. The molecule has 0 heterocycles. The van der Waals surface area contributed by atoms with Crippen molar-refractivity contribution >= 4 is 11.8 Å². The lowest BCUT2D eigenvalue weighted by Crippen LogP contribution is -2.33. The smallest absolute Gasteiger partial charge is 0.119 e. The first kappa shape index (κ1) is 17.3. The summed E-state index contributed by atoms with van der Waals surface area (Å²) in [7, 11) is 4.13. The molecule has 0 spiro atoms. The third kappa shape index (κ3) is 6.64. The van der Waals surface area contributed by atoms with Gasteiger partial charge in [0.25, 0.3) is 0 Å². The SMILES string of the molecule is CNCc1ccc(OCCN(C)C(C)CCSC)cc1. The van der Waals surface area contributed by atoms with Crippen molar-refractivity contribution in [2.75, 3.05) is 39.3 Å². The van der Waals surface area contributed by atoms with Gasteiger partial charge in [0.05, 0.1) is 0 Å². The molecular formula is C16H28N2OS. The molecule has 1 rings (SSSR count). The molecule has 0 amide bonds. The van der Waals surface area contributed by atoms with Crippen LogP contribution in [0.15, 0.2) is 24.3 Å². The number of nitrogens with one attached hydrogen (secondary N) is 1. The lowest BCUT2D eigenvalue weighted by molar-refractivity contribution is 0.197. The van der Waals surface area contributed by atoms with Gasteiger partial charge in [-0.2, -0.15) is 11.8 Å². The van der Waals surface area contributed by atoms with E-state index in [1.165, 1.54) is 17.7 Å². The number of likely N-dealkylation sites (N-methyl/N-ethyl adjacent to an activating group) is 1. The summed E-state index contributed by atoms with van der Waals surface area (Å²) in [4.78, 5) is 2.37. The normalized spacial score (nSPS) is 12.7. The molecule has 0 aromatic heterocycles. The zero-order valence-corrected chi connectivity index (χ0v) is 14.0. The highest BCUT2D eigenvalue weighted by molar-refractivity contribution is 7.98. The van der Waals surface area contributed by atoms with E-state index in [1.807, 2.05) is 30.9 Å². The summed E-state index contributed by atoms with van der Waals surface area (Å²) in [5.74, 6) is 2.18. The van der Waals surface area contributed by atoms with Gasteiger partial charge in [-0.15, -0.1) is 0 Å². The van der Waals surface area contributed by atoms with Crippen LogP contribution in [0.25, 0.3) is 0 Å². The highest BCUT2D eigenvalue weighted by Gasteiger charge is 2.08. The molecule has 0 aliphatic rings. The van der Waals surface area contributed by atoms with Crippen LogP contribution >= 0.6 is 11.8 Å². The Hall–Kier alpha value is -0.710. The van der Waals surface area contributed by atoms with Crippen LogP contribution in [0.3, 0.4) is 0 Å². The molecule has 0 saturated heterocycles. The molecule has 1 aromatic rings. The Morgan fingerprint density at radius 2 is 2.00 bits per heavy atom. The van der Waals surface area contributed by atoms with Crippen molar-refractivity contribution in [3.8, 4) is 5.75 Å². The zero-order chi connectivity index (χ0) is 14.8. The highest BCUT2D eigenvalue weighted by Crippen LogP contribution is 2.12. The van der Waals surface area contributed by atoms with E-state index in [1.54, 1.807) is 0 Å². The van der Waals surface area contributed by atoms with Crippen LogP contribution in [0, 0.1) is 0 Å². The Bertz CT molecular complexity index is 356. The van der Waals surface area contributed by atoms with Crippen LogP contribution < -0.4 is 10.1 Å². The zero-order valence-electron chi connectivity index (χ0n) is 13.2. The molecule has 1 aromatic carbocycles. The lowest BCUT2D eigenvalue weighted by atomic mass is 10.2. The van der Waals surface area contributed by atoms with Crippen molar-refractivity contribution in [2.45, 2.75) is 25.9 Å². The van der Waals surface area contributed by atoms with Gasteiger partial charge >= 0.3 is 0 Å². The summed E-state index contributed by atoms with van der Waals surface area (Å²) in [6.07, 6.45) is 3.39. The lowest BCUT2D eigenvalue weighted by Gasteiger charge is -2.24. The first-order valence-electron chi connectivity index (χ1n) is 7.23. The summed E-state index contributed by atoms with van der Waals surface area (Å²) in [5.41, 5.74) is 1.28. The number of benzene rings is 1. The Labute approximate surface area is 128 Å². The topological polar surface area (TPSA) is 24.5 Å². The minimum atomic E-state index is 0.615. The van der Waals surface area contributed by atoms with Gasteiger partial charge in [-0.25, -0.2) is 0 Å². The molecule has 0 aliphatic heterocycles. The quantitative estimate of drug-likeness (QED) is 0.717. The van der Waals surface area contributed by atoms with Gasteiger partial charge in [0.15, 0.2) is 0 Å². The maximum Gasteiger partial charge on any atom is 0.119 e. The third-order valence-electron chi connectivity index (χ3n) is 3.51.